The molecule has 36 heavy (non-hydrogen) atoms. The van der Waals surface area contributed by atoms with Crippen LogP contribution in [0, 0.1) is 0 Å². The summed E-state index contributed by atoms with van der Waals surface area (Å²) in [5.41, 5.74) is 2.19. The number of hydrogen-bond acceptors (Lipinski definition) is 10. The number of aliphatic hydroxyl groups excluding tert-OH is 1. The van der Waals surface area contributed by atoms with Gasteiger partial charge in [-0.05, 0) is 55.8 Å². The summed E-state index contributed by atoms with van der Waals surface area (Å²) in [6.45, 7) is 3.74. The van der Waals surface area contributed by atoms with Crippen LogP contribution in [0.5, 0.6) is 11.5 Å². The molecule has 190 valence electrons. The lowest BCUT2D eigenvalue weighted by molar-refractivity contribution is 0.164. The summed E-state index contributed by atoms with van der Waals surface area (Å²) in [5.74, 6) is 2.14. The number of benzene rings is 2. The third-order valence-corrected chi connectivity index (χ3v) is 6.84. The third kappa shape index (κ3) is 5.83. The molecule has 0 saturated carbocycles. The molecular weight excluding hydrogens is 486 g/mol. The molecule has 0 radical (unpaired) electrons. The molecule has 1 unspecified atom stereocenters. The van der Waals surface area contributed by atoms with Gasteiger partial charge in [0.15, 0.2) is 11.5 Å². The largest absolute Gasteiger partial charge is 0.454 e. The zero-order chi connectivity index (χ0) is 25.7. The standard InChI is InChI=1S/C24H27N5O6S/c1-4-33-24(31)29-36(3,32)18-8-6-17(7-9-18)27-23-25-12-19(22(28-23)26-15(2)13-30)16-5-10-20-21(11-16)35-14-34-20/h5-12,15,30H,4,13-14H2,1-3H3,(H2,25,26,27,28)/t15-,36?/m1/s1. The number of nitrogens with zero attached hydrogens (tertiary/aromatic N) is 3. The van der Waals surface area contributed by atoms with Crippen LogP contribution in [0.15, 0.2) is 57.9 Å². The summed E-state index contributed by atoms with van der Waals surface area (Å²) >= 11 is 0. The van der Waals surface area contributed by atoms with Gasteiger partial charge in [-0.25, -0.2) is 14.0 Å². The van der Waals surface area contributed by atoms with E-state index in [-0.39, 0.29) is 26.0 Å². The Labute approximate surface area is 209 Å². The quantitative estimate of drug-likeness (QED) is 0.404. The van der Waals surface area contributed by atoms with Gasteiger partial charge in [-0.2, -0.15) is 4.98 Å². The number of aromatic nitrogens is 2. The molecule has 2 heterocycles. The smallest absolute Gasteiger partial charge is 0.442 e. The maximum atomic E-state index is 12.8. The number of hydrogen-bond donors (Lipinski definition) is 3. The first-order chi connectivity index (χ1) is 17.3. The molecule has 2 atom stereocenters. The molecular formula is C24H27N5O6S. The van der Waals surface area contributed by atoms with Gasteiger partial charge >= 0.3 is 6.09 Å². The number of anilines is 3. The van der Waals surface area contributed by atoms with Crippen molar-refractivity contribution in [3.05, 3.63) is 48.7 Å². The second kappa shape index (κ2) is 10.8. The molecule has 0 bridgehead atoms. The van der Waals surface area contributed by atoms with Gasteiger partial charge in [0.25, 0.3) is 0 Å². The lowest BCUT2D eigenvalue weighted by atomic mass is 10.1. The number of amides is 1. The van der Waals surface area contributed by atoms with Gasteiger partial charge in [0.2, 0.25) is 12.7 Å². The van der Waals surface area contributed by atoms with Gasteiger partial charge < -0.3 is 30.0 Å². The average molecular weight is 514 g/mol. The molecule has 0 saturated heterocycles. The molecule has 0 aliphatic carbocycles. The number of carbonyl (C=O) groups is 1. The van der Waals surface area contributed by atoms with Crippen LogP contribution >= 0.6 is 0 Å². The van der Waals surface area contributed by atoms with E-state index in [1.54, 1.807) is 37.4 Å². The van der Waals surface area contributed by atoms with Crippen molar-refractivity contribution >= 4 is 33.3 Å². The number of aliphatic hydroxyl groups is 1. The molecule has 4 rings (SSSR count). The van der Waals surface area contributed by atoms with Crippen LogP contribution in [0.25, 0.3) is 11.1 Å². The van der Waals surface area contributed by atoms with E-state index in [1.165, 1.54) is 6.26 Å². The summed E-state index contributed by atoms with van der Waals surface area (Å²) < 4.78 is 32.1. The highest BCUT2D eigenvalue weighted by Crippen LogP contribution is 2.37. The van der Waals surface area contributed by atoms with Crippen LogP contribution in [0.4, 0.5) is 22.2 Å². The molecule has 3 N–H and O–H groups in total. The summed E-state index contributed by atoms with van der Waals surface area (Å²) in [6, 6.07) is 11.9. The molecule has 11 nitrogen and oxygen atoms in total. The van der Waals surface area contributed by atoms with E-state index < -0.39 is 15.8 Å². The fourth-order valence-electron chi connectivity index (χ4n) is 3.37. The number of fused-ring (bicyclic) bond motifs is 1. The minimum atomic E-state index is -2.95. The van der Waals surface area contributed by atoms with Crippen molar-refractivity contribution in [2.75, 3.05) is 36.9 Å². The summed E-state index contributed by atoms with van der Waals surface area (Å²) in [6.07, 6.45) is 2.19. The van der Waals surface area contributed by atoms with Gasteiger partial charge in [0, 0.05) is 34.6 Å². The Morgan fingerprint density at radius 1 is 1.22 bits per heavy atom. The van der Waals surface area contributed by atoms with E-state index >= 15 is 0 Å². The van der Waals surface area contributed by atoms with Crippen molar-refractivity contribution < 1.29 is 28.3 Å². The summed E-state index contributed by atoms with van der Waals surface area (Å²) in [7, 11) is -2.95. The van der Waals surface area contributed by atoms with E-state index in [0.29, 0.717) is 33.8 Å². The molecule has 1 aliphatic rings. The predicted molar refractivity (Wildman–Crippen MR) is 135 cm³/mol. The SMILES string of the molecule is CCOC(=O)N=S(C)(=O)c1ccc(Nc2ncc(-c3ccc4c(c3)OCO4)c(N[C@H](C)CO)n2)cc1. The van der Waals surface area contributed by atoms with Gasteiger partial charge in [0.1, 0.15) is 5.82 Å². The van der Waals surface area contributed by atoms with Gasteiger partial charge in [-0.15, -0.1) is 4.36 Å². The highest BCUT2D eigenvalue weighted by atomic mass is 32.2. The molecule has 1 amide bonds. The number of nitrogens with one attached hydrogen (secondary N) is 2. The second-order valence-electron chi connectivity index (χ2n) is 7.99. The van der Waals surface area contributed by atoms with Crippen LogP contribution in [-0.4, -0.2) is 57.7 Å². The molecule has 2 aromatic carbocycles. The van der Waals surface area contributed by atoms with Crippen LogP contribution < -0.4 is 20.1 Å². The molecule has 1 aliphatic heterocycles. The first-order valence-corrected chi connectivity index (χ1v) is 13.1. The molecule has 12 heteroatoms. The van der Waals surface area contributed by atoms with E-state index in [9.17, 15) is 14.1 Å². The minimum absolute atomic E-state index is 0.0814. The highest BCUT2D eigenvalue weighted by molar-refractivity contribution is 7.93. The monoisotopic (exact) mass is 513 g/mol. The Kier molecular flexibility index (Phi) is 7.55. The van der Waals surface area contributed by atoms with Crippen molar-refractivity contribution in [1.82, 2.24) is 9.97 Å². The van der Waals surface area contributed by atoms with E-state index in [4.69, 9.17) is 14.2 Å². The highest BCUT2D eigenvalue weighted by Gasteiger charge is 2.18. The van der Waals surface area contributed by atoms with Gasteiger partial charge in [-0.1, -0.05) is 6.07 Å². The van der Waals surface area contributed by atoms with E-state index in [2.05, 4.69) is 25.0 Å². The third-order valence-electron chi connectivity index (χ3n) is 5.19. The van der Waals surface area contributed by atoms with Crippen molar-refractivity contribution in [2.24, 2.45) is 4.36 Å². The Morgan fingerprint density at radius 3 is 2.69 bits per heavy atom. The molecule has 1 aromatic heterocycles. The fraction of sp³-hybridized carbons (Fsp3) is 0.292. The normalized spacial score (nSPS) is 14.4. The Bertz CT molecular complexity index is 1370. The maximum Gasteiger partial charge on any atom is 0.442 e. The van der Waals surface area contributed by atoms with Crippen LogP contribution in [0.2, 0.25) is 0 Å². The average Bonchev–Trinajstić information content (AvgIpc) is 3.32. The minimum Gasteiger partial charge on any atom is -0.454 e. The fourth-order valence-corrected chi connectivity index (χ4v) is 4.45. The van der Waals surface area contributed by atoms with Crippen molar-refractivity contribution in [2.45, 2.75) is 24.8 Å². The lowest BCUT2D eigenvalue weighted by Crippen LogP contribution is -2.21. The van der Waals surface area contributed by atoms with E-state index in [0.717, 1.165) is 11.1 Å². The zero-order valence-corrected chi connectivity index (χ0v) is 20.9. The van der Waals surface area contributed by atoms with Crippen LogP contribution in [-0.2, 0) is 14.5 Å². The van der Waals surface area contributed by atoms with E-state index in [1.807, 2.05) is 25.1 Å². The summed E-state index contributed by atoms with van der Waals surface area (Å²) in [4.78, 5) is 21.1. The first-order valence-electron chi connectivity index (χ1n) is 11.2. The van der Waals surface area contributed by atoms with Gasteiger partial charge in [-0.3, -0.25) is 0 Å². The second-order valence-corrected chi connectivity index (χ2v) is 10.3. The predicted octanol–water partition coefficient (Wildman–Crippen LogP) is 4.02. The number of carbonyl (C=O) groups excluding carboxylic acids is 1. The lowest BCUT2D eigenvalue weighted by Gasteiger charge is -2.17. The Hall–Kier alpha value is -3.90. The van der Waals surface area contributed by atoms with Crippen LogP contribution in [0.1, 0.15) is 13.8 Å². The molecule has 0 spiro atoms. The maximum absolute atomic E-state index is 12.8. The van der Waals surface area contributed by atoms with Crippen molar-refractivity contribution in [3.8, 4) is 22.6 Å². The Morgan fingerprint density at radius 2 is 1.97 bits per heavy atom. The number of rotatable bonds is 8. The topological polar surface area (TPSA) is 144 Å². The Balaban J connectivity index is 1.59. The molecule has 3 aromatic rings. The summed E-state index contributed by atoms with van der Waals surface area (Å²) in [5, 5.41) is 15.9. The van der Waals surface area contributed by atoms with Gasteiger partial charge in [0.05, 0.1) is 22.9 Å². The molecule has 0 fully saturated rings. The number of ether oxygens (including phenoxy) is 3. The zero-order valence-electron chi connectivity index (χ0n) is 20.1. The van der Waals surface area contributed by atoms with Crippen molar-refractivity contribution in [3.63, 3.8) is 0 Å². The van der Waals surface area contributed by atoms with Crippen LogP contribution in [0.3, 0.4) is 0 Å². The van der Waals surface area contributed by atoms with Crippen molar-refractivity contribution in [1.29, 1.82) is 0 Å². The first kappa shape index (κ1) is 25.2.